The first-order valence-corrected chi connectivity index (χ1v) is 6.59. The first-order chi connectivity index (χ1) is 9.55. The van der Waals surface area contributed by atoms with Crippen LogP contribution in [0, 0.1) is 0 Å². The summed E-state index contributed by atoms with van der Waals surface area (Å²) in [6, 6.07) is 18.3. The lowest BCUT2D eigenvalue weighted by Crippen LogP contribution is -3.00. The molecule has 0 fully saturated rings. The monoisotopic (exact) mass is 393 g/mol. The van der Waals surface area contributed by atoms with Gasteiger partial charge in [-0.2, -0.15) is 10.2 Å². The quantitative estimate of drug-likeness (QED) is 0.310. The van der Waals surface area contributed by atoms with E-state index in [1.165, 1.54) is 5.69 Å². The summed E-state index contributed by atoms with van der Waals surface area (Å²) in [6.45, 7) is 0. The Balaban J connectivity index is 0.00000220. The summed E-state index contributed by atoms with van der Waals surface area (Å²) in [4.78, 5) is 0. The van der Waals surface area contributed by atoms with Crippen LogP contribution in [0.15, 0.2) is 64.8 Å². The zero-order chi connectivity index (χ0) is 14.4. The third-order valence-corrected chi connectivity index (χ3v) is 2.95. The number of quaternary nitrogens is 1. The first-order valence-electron chi connectivity index (χ1n) is 6.59. The van der Waals surface area contributed by atoms with Crippen molar-refractivity contribution in [3.8, 4) is 0 Å². The first kappa shape index (κ1) is 17.5. The molecule has 3 nitrogen and oxygen atoms in total. The van der Waals surface area contributed by atoms with Crippen LogP contribution in [0.1, 0.15) is 11.1 Å². The van der Waals surface area contributed by atoms with E-state index in [2.05, 4.69) is 55.6 Å². The van der Waals surface area contributed by atoms with Gasteiger partial charge in [-0.1, -0.05) is 30.3 Å². The molecule has 110 valence electrons. The van der Waals surface area contributed by atoms with E-state index in [4.69, 9.17) is 0 Å². The number of hydrogen-bond acceptors (Lipinski definition) is 2. The normalized spacial score (nSPS) is 11.8. The summed E-state index contributed by atoms with van der Waals surface area (Å²) in [7, 11) is 6.44. The highest BCUT2D eigenvalue weighted by Gasteiger charge is 2.10. The fourth-order valence-electron chi connectivity index (χ4n) is 1.75. The molecule has 0 aliphatic rings. The minimum absolute atomic E-state index is 0. The Hall–Kier alpha value is -1.53. The van der Waals surface area contributed by atoms with E-state index >= 15 is 0 Å². The Kier molecular flexibility index (Phi) is 6.71. The predicted molar refractivity (Wildman–Crippen MR) is 87.6 cm³/mol. The van der Waals surface area contributed by atoms with Gasteiger partial charge in [0.15, 0.2) is 0 Å². The average molecular weight is 393 g/mol. The average Bonchev–Trinajstić information content (AvgIpc) is 2.44. The van der Waals surface area contributed by atoms with Crippen LogP contribution in [0.4, 0.5) is 5.69 Å². The van der Waals surface area contributed by atoms with Crippen molar-refractivity contribution in [1.82, 2.24) is 4.48 Å². The second kappa shape index (κ2) is 8.05. The van der Waals surface area contributed by atoms with Crippen LogP contribution in [0.5, 0.6) is 0 Å². The van der Waals surface area contributed by atoms with Crippen molar-refractivity contribution in [3.63, 3.8) is 0 Å². The third kappa shape index (κ3) is 5.77. The van der Waals surface area contributed by atoms with E-state index in [-0.39, 0.29) is 24.0 Å². The molecule has 2 aromatic carbocycles. The van der Waals surface area contributed by atoms with Crippen LogP contribution in [-0.2, 0) is 0 Å². The molecule has 0 atom stereocenters. The Morgan fingerprint density at radius 1 is 0.714 bits per heavy atom. The van der Waals surface area contributed by atoms with Crippen molar-refractivity contribution in [2.24, 2.45) is 10.2 Å². The number of nitrogens with zero attached hydrogens (tertiary/aromatic N) is 3. The van der Waals surface area contributed by atoms with Crippen molar-refractivity contribution in [2.75, 3.05) is 21.1 Å². The van der Waals surface area contributed by atoms with Crippen LogP contribution in [0.25, 0.3) is 0 Å². The Labute approximate surface area is 143 Å². The van der Waals surface area contributed by atoms with Crippen molar-refractivity contribution < 1.29 is 24.0 Å². The van der Waals surface area contributed by atoms with Gasteiger partial charge in [0.1, 0.15) is 5.69 Å². The molecule has 0 saturated heterocycles. The molecule has 21 heavy (non-hydrogen) atoms. The van der Waals surface area contributed by atoms with E-state index in [1.807, 2.05) is 30.3 Å². The van der Waals surface area contributed by atoms with Gasteiger partial charge in [0.25, 0.3) is 0 Å². The lowest BCUT2D eigenvalue weighted by Gasteiger charge is -2.23. The molecule has 0 aliphatic heterocycles. The largest absolute Gasteiger partial charge is 1.00 e. The van der Waals surface area contributed by atoms with Gasteiger partial charge in [0, 0.05) is 0 Å². The van der Waals surface area contributed by atoms with E-state index < -0.39 is 0 Å². The summed E-state index contributed by atoms with van der Waals surface area (Å²) in [6.07, 6.45) is 3.51. The van der Waals surface area contributed by atoms with Crippen LogP contribution < -0.4 is 28.5 Å². The highest BCUT2D eigenvalue weighted by molar-refractivity contribution is 5.82. The highest BCUT2D eigenvalue weighted by atomic mass is 127. The van der Waals surface area contributed by atoms with Gasteiger partial charge >= 0.3 is 0 Å². The Morgan fingerprint density at radius 2 is 1.19 bits per heavy atom. The summed E-state index contributed by atoms with van der Waals surface area (Å²) >= 11 is 0. The minimum Gasteiger partial charge on any atom is -1.00 e. The molecule has 0 spiro atoms. The molecule has 0 bridgehead atoms. The fourth-order valence-corrected chi connectivity index (χ4v) is 1.75. The molecule has 0 aliphatic carbocycles. The van der Waals surface area contributed by atoms with Crippen molar-refractivity contribution in [2.45, 2.75) is 0 Å². The number of halogens is 1. The third-order valence-electron chi connectivity index (χ3n) is 2.95. The fraction of sp³-hybridized carbons (Fsp3) is 0.176. The minimum atomic E-state index is 0. The summed E-state index contributed by atoms with van der Waals surface area (Å²) in [5, 5.41) is 8.12. The van der Waals surface area contributed by atoms with Gasteiger partial charge in [-0.05, 0) is 35.4 Å². The van der Waals surface area contributed by atoms with Crippen molar-refractivity contribution in [3.05, 3.63) is 65.7 Å². The molecular weight excluding hydrogens is 373 g/mol. The van der Waals surface area contributed by atoms with E-state index in [0.29, 0.717) is 0 Å². The topological polar surface area (TPSA) is 24.7 Å². The number of benzene rings is 2. The lowest BCUT2D eigenvalue weighted by molar-refractivity contribution is -0.00000427. The zero-order valence-electron chi connectivity index (χ0n) is 12.6. The van der Waals surface area contributed by atoms with Crippen LogP contribution in [0.3, 0.4) is 0 Å². The molecule has 0 aromatic heterocycles. The number of hydrogen-bond donors (Lipinski definition) is 0. The highest BCUT2D eigenvalue weighted by Crippen LogP contribution is 2.16. The molecule has 2 aromatic rings. The maximum atomic E-state index is 4.07. The SMILES string of the molecule is C[N+](C)(C)c1ccc(C=NN=Cc2ccccc2)cc1.[I-]. The molecule has 0 saturated carbocycles. The molecule has 0 N–H and O–H groups in total. The standard InChI is InChI=1S/C17H20N3.HI/c1-20(2,3)17-11-9-16(10-12-17)14-19-18-13-15-7-5-4-6-8-15;/h4-14H,1-3H3;1H/q+1;/p-1. The van der Waals surface area contributed by atoms with Gasteiger partial charge < -0.3 is 24.0 Å². The molecule has 2 rings (SSSR count). The summed E-state index contributed by atoms with van der Waals surface area (Å²) < 4.78 is 0.809. The molecule has 0 unspecified atom stereocenters. The Bertz CT molecular complexity index is 596. The molecule has 4 heteroatoms. The maximum Gasteiger partial charge on any atom is 0.132 e. The van der Waals surface area contributed by atoms with Gasteiger partial charge in [0.2, 0.25) is 0 Å². The number of rotatable bonds is 4. The second-order valence-corrected chi connectivity index (χ2v) is 5.50. The van der Waals surface area contributed by atoms with Gasteiger partial charge in [-0.15, -0.1) is 0 Å². The van der Waals surface area contributed by atoms with Crippen LogP contribution >= 0.6 is 0 Å². The summed E-state index contributed by atoms with van der Waals surface area (Å²) in [5.74, 6) is 0. The smallest absolute Gasteiger partial charge is 0.132 e. The van der Waals surface area contributed by atoms with Crippen LogP contribution in [0.2, 0.25) is 0 Å². The predicted octanol–water partition coefficient (Wildman–Crippen LogP) is 0.340. The lowest BCUT2D eigenvalue weighted by atomic mass is 10.2. The molecule has 0 heterocycles. The molecule has 0 radical (unpaired) electrons. The molecular formula is C17H20IN3. The zero-order valence-corrected chi connectivity index (χ0v) is 14.7. The summed E-state index contributed by atoms with van der Waals surface area (Å²) in [5.41, 5.74) is 3.35. The van der Waals surface area contributed by atoms with Gasteiger partial charge in [-0.3, -0.25) is 4.48 Å². The van der Waals surface area contributed by atoms with Gasteiger partial charge in [0.05, 0.1) is 33.6 Å². The van der Waals surface area contributed by atoms with Crippen molar-refractivity contribution in [1.29, 1.82) is 0 Å². The van der Waals surface area contributed by atoms with Crippen LogP contribution in [-0.4, -0.2) is 33.6 Å². The van der Waals surface area contributed by atoms with Gasteiger partial charge in [-0.25, -0.2) is 0 Å². The Morgan fingerprint density at radius 3 is 1.67 bits per heavy atom. The van der Waals surface area contributed by atoms with E-state index in [1.54, 1.807) is 12.4 Å². The van der Waals surface area contributed by atoms with E-state index in [0.717, 1.165) is 15.6 Å². The van der Waals surface area contributed by atoms with E-state index in [9.17, 15) is 0 Å². The van der Waals surface area contributed by atoms with Crippen molar-refractivity contribution >= 4 is 18.1 Å². The maximum absolute atomic E-state index is 4.07. The molecule has 0 amide bonds. The second-order valence-electron chi connectivity index (χ2n) is 5.50.